The predicted octanol–water partition coefficient (Wildman–Crippen LogP) is 6.70. The van der Waals surface area contributed by atoms with Gasteiger partial charge < -0.3 is 68.4 Å². The third-order valence-electron chi connectivity index (χ3n) is 18.5. The molecule has 12 heterocycles. The molecule has 6 aromatic heterocycles. The van der Waals surface area contributed by atoms with E-state index in [1.54, 1.807) is 107 Å². The van der Waals surface area contributed by atoms with Crippen molar-refractivity contribution in [2.75, 3.05) is 13.1 Å². The molecule has 3 aromatic carbocycles. The Kier molecular flexibility index (Phi) is 14.6. The first kappa shape index (κ1) is 60.0. The summed E-state index contributed by atoms with van der Waals surface area (Å²) in [6.45, 7) is 6.04. The highest BCUT2D eigenvalue weighted by molar-refractivity contribution is 5.91. The number of benzene rings is 3. The van der Waals surface area contributed by atoms with E-state index in [1.807, 2.05) is 18.2 Å². The van der Waals surface area contributed by atoms with Gasteiger partial charge in [0.15, 0.2) is 16.8 Å². The SMILES string of the molecule is CC[C@]1(O)C(=O)OCc2c1cc1n(c2=O)Cc2cc3cc(O)ccc3nc2-1.CC[C@]1(O)C(=O)OCc2c1cc1n(c2=O)Cc2cc3cc(OC(=O)NCCCCCCNC(=O)Oc4ccc5nc6c(cc5c4)Cn4c-6cc5c(c4=O)COC(=O)[C@@]5(O)CC)ccc3nc2-1. The molecule has 93 heavy (non-hydrogen) atoms. The van der Waals surface area contributed by atoms with Crippen LogP contribution in [-0.4, -0.2) is 92.3 Å². The van der Waals surface area contributed by atoms with E-state index in [1.165, 1.54) is 0 Å². The first-order valence-electron chi connectivity index (χ1n) is 30.6. The van der Waals surface area contributed by atoms with E-state index in [0.717, 1.165) is 34.9 Å². The number of aliphatic hydroxyl groups is 3. The van der Waals surface area contributed by atoms with Gasteiger partial charge in [-0.05, 0) is 123 Å². The molecular weight excluding hydrogens is 1200 g/mol. The minimum Gasteiger partial charge on any atom is -0.508 e. The predicted molar refractivity (Wildman–Crippen MR) is 332 cm³/mol. The van der Waals surface area contributed by atoms with Gasteiger partial charge in [0.25, 0.3) is 16.7 Å². The molecule has 474 valence electrons. The third-order valence-corrected chi connectivity index (χ3v) is 18.5. The number of hydrogen-bond acceptors (Lipinski definition) is 20. The molecule has 6 aliphatic rings. The van der Waals surface area contributed by atoms with Gasteiger partial charge >= 0.3 is 30.1 Å². The van der Waals surface area contributed by atoms with E-state index >= 15 is 0 Å². The van der Waals surface area contributed by atoms with E-state index in [-0.39, 0.29) is 96.9 Å². The number of hydrogen-bond donors (Lipinski definition) is 6. The van der Waals surface area contributed by atoms with E-state index in [2.05, 4.69) is 15.6 Å². The lowest BCUT2D eigenvalue weighted by atomic mass is 9.86. The number of ether oxygens (including phenoxy) is 5. The summed E-state index contributed by atoms with van der Waals surface area (Å²) in [5.74, 6) is -1.50. The molecule has 6 aliphatic heterocycles. The second-order valence-electron chi connectivity index (χ2n) is 23.9. The minimum absolute atomic E-state index is 0.0529. The zero-order valence-electron chi connectivity index (χ0n) is 50.5. The summed E-state index contributed by atoms with van der Waals surface area (Å²) in [4.78, 5) is 117. The number of amides is 2. The summed E-state index contributed by atoms with van der Waals surface area (Å²) in [5, 5.41) is 50.5. The van der Waals surface area contributed by atoms with Crippen molar-refractivity contribution >= 4 is 62.8 Å². The van der Waals surface area contributed by atoms with Crippen molar-refractivity contribution in [2.24, 2.45) is 0 Å². The van der Waals surface area contributed by atoms with Crippen LogP contribution >= 0.6 is 0 Å². The van der Waals surface area contributed by atoms with Gasteiger partial charge in [-0.1, -0.05) is 33.6 Å². The number of pyridine rings is 6. The fourth-order valence-corrected chi connectivity index (χ4v) is 13.3. The number of rotatable bonds is 12. The van der Waals surface area contributed by atoms with E-state index in [9.17, 15) is 58.8 Å². The highest BCUT2D eigenvalue weighted by Crippen LogP contribution is 2.43. The average molecular weight is 1260 g/mol. The molecule has 0 bridgehead atoms. The standard InChI is InChI=1S/C48H44N6O12.C20H16N2O5/c1-3-47(61)33-19-37-39-27(21-53(37)41(55)31(33)23-63-43(47)57)15-25-17-29(9-11-35(25)51-39)65-45(59)49-13-7-5-6-8-14-50-46(60)66-30-10-12-36-26(18-30)16-28-22-54-38(40(28)52-36)20-34-32(42(54)56)24-64-44(58)48(34,62)4-2;1-2-20(26)14-7-16-17-11(5-10-6-12(23)3-4-15(10)21-17)8-22(16)18(24)13(14)9-27-19(20)25/h9-12,15-20,61-62H,3-8,13-14,21-24H2,1-2H3,(H,49,59)(H,50,60);3-7,23,26H,2,8-9H2,1H3/t47-,48-;20-/m11/s1. The molecule has 15 rings (SSSR count). The maximum absolute atomic E-state index is 13.5. The molecular formula is C68H60N8O17. The average Bonchev–Trinajstić information content (AvgIpc) is 1.66. The van der Waals surface area contributed by atoms with Gasteiger partial charge in [-0.2, -0.15) is 0 Å². The fraction of sp³-hybridized carbons (Fsp3) is 0.309. The number of unbranched alkanes of at least 4 members (excludes halogenated alkanes) is 3. The molecule has 25 nitrogen and oxygen atoms in total. The molecule has 9 aromatic rings. The van der Waals surface area contributed by atoms with Crippen molar-refractivity contribution in [3.8, 4) is 51.4 Å². The topological polar surface area (TPSA) is 341 Å². The Morgan fingerprint density at radius 3 is 1.15 bits per heavy atom. The monoisotopic (exact) mass is 1260 g/mol. The van der Waals surface area contributed by atoms with Gasteiger partial charge in [0, 0.05) is 62.6 Å². The van der Waals surface area contributed by atoms with E-state index in [4.69, 9.17) is 33.7 Å². The molecule has 3 atom stereocenters. The van der Waals surface area contributed by atoms with Crippen molar-refractivity contribution in [1.82, 2.24) is 39.3 Å². The number of aromatic nitrogens is 6. The summed E-state index contributed by atoms with van der Waals surface area (Å²) < 4.78 is 31.2. The van der Waals surface area contributed by atoms with Gasteiger partial charge in [-0.15, -0.1) is 0 Å². The lowest BCUT2D eigenvalue weighted by Crippen LogP contribution is -2.44. The molecule has 0 fully saturated rings. The van der Waals surface area contributed by atoms with Crippen molar-refractivity contribution in [2.45, 2.75) is 122 Å². The van der Waals surface area contributed by atoms with E-state index < -0.39 is 46.9 Å². The maximum Gasteiger partial charge on any atom is 0.412 e. The Balaban J connectivity index is 0.000000229. The lowest BCUT2D eigenvalue weighted by molar-refractivity contribution is -0.172. The summed E-state index contributed by atoms with van der Waals surface area (Å²) in [7, 11) is 0. The number of nitrogens with zero attached hydrogens (tertiary/aromatic N) is 6. The molecule has 0 spiro atoms. The molecule has 0 saturated heterocycles. The summed E-state index contributed by atoms with van der Waals surface area (Å²) >= 11 is 0. The smallest absolute Gasteiger partial charge is 0.412 e. The van der Waals surface area contributed by atoms with Crippen LogP contribution in [0.5, 0.6) is 17.2 Å². The van der Waals surface area contributed by atoms with Crippen LogP contribution in [-0.2, 0) is 84.9 Å². The van der Waals surface area contributed by atoms with Gasteiger partial charge in [0.1, 0.15) is 37.1 Å². The molecule has 0 radical (unpaired) electrons. The number of fused-ring (bicyclic) bond motifs is 15. The number of carbonyl (C=O) groups is 5. The number of carbonyl (C=O) groups excluding carboxylic acids is 5. The van der Waals surface area contributed by atoms with Crippen molar-refractivity contribution in [3.63, 3.8) is 0 Å². The molecule has 0 saturated carbocycles. The normalized spacial score (nSPS) is 19.1. The first-order chi connectivity index (χ1) is 44.7. The van der Waals surface area contributed by atoms with Crippen LogP contribution in [0.4, 0.5) is 9.59 Å². The molecule has 25 heteroatoms. The third kappa shape index (κ3) is 9.92. The van der Waals surface area contributed by atoms with Crippen LogP contribution in [0.25, 0.3) is 66.9 Å². The van der Waals surface area contributed by atoms with Crippen LogP contribution in [0.2, 0.25) is 0 Å². The Labute approximate surface area is 526 Å². The number of phenolic OH excluding ortho intramolecular Hbond substituents is 1. The summed E-state index contributed by atoms with van der Waals surface area (Å²) in [5.41, 5.74) is 2.68. The maximum atomic E-state index is 13.5. The van der Waals surface area contributed by atoms with Gasteiger partial charge in [-0.25, -0.2) is 38.9 Å². The van der Waals surface area contributed by atoms with E-state index in [0.29, 0.717) is 117 Å². The van der Waals surface area contributed by atoms with Crippen molar-refractivity contribution in [3.05, 3.63) is 172 Å². The quantitative estimate of drug-likeness (QED) is 0.0421. The largest absolute Gasteiger partial charge is 0.508 e. The summed E-state index contributed by atoms with van der Waals surface area (Å²) in [6.07, 6.45) is 1.98. The number of nitrogens with one attached hydrogen (secondary N) is 2. The van der Waals surface area contributed by atoms with Crippen LogP contribution in [0.15, 0.2) is 105 Å². The van der Waals surface area contributed by atoms with Crippen molar-refractivity contribution in [1.29, 1.82) is 0 Å². The minimum atomic E-state index is -1.91. The van der Waals surface area contributed by atoms with Gasteiger partial charge in [0.2, 0.25) is 0 Å². The molecule has 2 amide bonds. The second-order valence-corrected chi connectivity index (χ2v) is 23.9. The van der Waals surface area contributed by atoms with Crippen molar-refractivity contribution < 1.29 is 68.1 Å². The second kappa shape index (κ2) is 22.6. The molecule has 6 N–H and O–H groups in total. The lowest BCUT2D eigenvalue weighted by Gasteiger charge is -2.31. The number of cyclic esters (lactones) is 3. The highest BCUT2D eigenvalue weighted by Gasteiger charge is 2.48. The van der Waals surface area contributed by atoms with Gasteiger partial charge in [0.05, 0.1) is 87.0 Å². The number of aromatic hydroxyl groups is 1. The zero-order chi connectivity index (χ0) is 65.0. The van der Waals surface area contributed by atoms with Gasteiger partial charge in [-0.3, -0.25) is 14.4 Å². The van der Waals surface area contributed by atoms with Crippen LogP contribution in [0, 0.1) is 0 Å². The number of esters is 3. The van der Waals surface area contributed by atoms with Crippen LogP contribution in [0.3, 0.4) is 0 Å². The Hall–Kier alpha value is -10.6. The Morgan fingerprint density at radius 2 is 0.806 bits per heavy atom. The Morgan fingerprint density at radius 1 is 0.473 bits per heavy atom. The highest BCUT2D eigenvalue weighted by atomic mass is 16.6. The number of phenols is 1. The Bertz CT molecular complexity index is 4770. The van der Waals surface area contributed by atoms with Crippen LogP contribution in [0.1, 0.15) is 116 Å². The summed E-state index contributed by atoms with van der Waals surface area (Å²) in [6, 6.07) is 25.7. The zero-order valence-corrected chi connectivity index (χ0v) is 50.5. The molecule has 0 unspecified atom stereocenters. The fourth-order valence-electron chi connectivity index (χ4n) is 13.3. The van der Waals surface area contributed by atoms with Crippen LogP contribution < -0.4 is 36.8 Å². The first-order valence-corrected chi connectivity index (χ1v) is 30.6. The molecule has 0 aliphatic carbocycles.